The van der Waals surface area contributed by atoms with Crippen molar-refractivity contribution in [3.05, 3.63) is 35.4 Å². The van der Waals surface area contributed by atoms with E-state index in [-0.39, 0.29) is 25.3 Å². The van der Waals surface area contributed by atoms with Gasteiger partial charge in [-0.1, -0.05) is 12.1 Å². The van der Waals surface area contributed by atoms with Gasteiger partial charge in [0.1, 0.15) is 0 Å². The first kappa shape index (κ1) is 12.0. The van der Waals surface area contributed by atoms with E-state index in [1.165, 1.54) is 12.1 Å². The van der Waals surface area contributed by atoms with Crippen LogP contribution >= 0.6 is 0 Å². The quantitative estimate of drug-likeness (QED) is 0.669. The van der Waals surface area contributed by atoms with E-state index in [4.69, 9.17) is 10.2 Å². The van der Waals surface area contributed by atoms with Crippen LogP contribution in [0.3, 0.4) is 0 Å². The zero-order valence-corrected chi connectivity index (χ0v) is 8.08. The number of aliphatic hydroxyl groups is 2. The van der Waals surface area contributed by atoms with E-state index in [9.17, 15) is 8.78 Å². The SMILES string of the molecule is OC[C@H](O)CNCc1cccc(F)c1F. The fourth-order valence-electron chi connectivity index (χ4n) is 1.12. The third-order valence-corrected chi connectivity index (χ3v) is 1.94. The lowest BCUT2D eigenvalue weighted by atomic mass is 10.2. The topological polar surface area (TPSA) is 52.5 Å². The monoisotopic (exact) mass is 217 g/mol. The molecule has 0 bridgehead atoms. The first-order valence-electron chi connectivity index (χ1n) is 4.57. The van der Waals surface area contributed by atoms with E-state index in [0.29, 0.717) is 0 Å². The van der Waals surface area contributed by atoms with Crippen molar-refractivity contribution in [3.63, 3.8) is 0 Å². The fourth-order valence-corrected chi connectivity index (χ4v) is 1.12. The Bertz CT molecular complexity index is 320. The van der Waals surface area contributed by atoms with Crippen molar-refractivity contribution < 1.29 is 19.0 Å². The van der Waals surface area contributed by atoms with Crippen LogP contribution in [0.25, 0.3) is 0 Å². The molecule has 0 aliphatic carbocycles. The van der Waals surface area contributed by atoms with Crippen LogP contribution in [0, 0.1) is 11.6 Å². The maximum atomic E-state index is 13.1. The molecule has 0 saturated heterocycles. The molecule has 1 aromatic rings. The first-order chi connectivity index (χ1) is 7.15. The molecule has 0 radical (unpaired) electrons. The van der Waals surface area contributed by atoms with Crippen LogP contribution in [0.15, 0.2) is 18.2 Å². The third-order valence-electron chi connectivity index (χ3n) is 1.94. The highest BCUT2D eigenvalue weighted by atomic mass is 19.2. The van der Waals surface area contributed by atoms with Crippen molar-refractivity contribution in [2.45, 2.75) is 12.6 Å². The predicted molar refractivity (Wildman–Crippen MR) is 51.2 cm³/mol. The van der Waals surface area contributed by atoms with Crippen molar-refractivity contribution in [3.8, 4) is 0 Å². The summed E-state index contributed by atoms with van der Waals surface area (Å²) in [5.41, 5.74) is 0.195. The number of halogens is 2. The number of hydrogen-bond acceptors (Lipinski definition) is 3. The maximum Gasteiger partial charge on any atom is 0.163 e. The molecule has 0 aliphatic rings. The standard InChI is InChI=1S/C10H13F2NO2/c11-9-3-1-2-7(10(9)12)4-13-5-8(15)6-14/h1-3,8,13-15H,4-6H2/t8-/m1/s1. The van der Waals surface area contributed by atoms with Crippen LogP contribution in [0.2, 0.25) is 0 Å². The smallest absolute Gasteiger partial charge is 0.163 e. The summed E-state index contributed by atoms with van der Waals surface area (Å²) in [5, 5.41) is 20.2. The molecule has 5 heteroatoms. The van der Waals surface area contributed by atoms with Crippen LogP contribution in [-0.4, -0.2) is 29.5 Å². The average molecular weight is 217 g/mol. The number of nitrogens with one attached hydrogen (secondary N) is 1. The summed E-state index contributed by atoms with van der Waals surface area (Å²) in [6.45, 7) is -0.119. The van der Waals surface area contributed by atoms with Crippen LogP contribution in [0.5, 0.6) is 0 Å². The molecule has 0 unspecified atom stereocenters. The Labute approximate surface area is 86.4 Å². The summed E-state index contributed by atoms with van der Waals surface area (Å²) in [6, 6.07) is 3.91. The Morgan fingerprint density at radius 2 is 2.07 bits per heavy atom. The second-order valence-corrected chi connectivity index (χ2v) is 3.18. The molecule has 0 spiro atoms. The van der Waals surface area contributed by atoms with Gasteiger partial charge in [-0.3, -0.25) is 0 Å². The zero-order valence-electron chi connectivity index (χ0n) is 8.08. The van der Waals surface area contributed by atoms with Crippen LogP contribution < -0.4 is 5.32 Å². The van der Waals surface area contributed by atoms with E-state index in [1.807, 2.05) is 0 Å². The van der Waals surface area contributed by atoms with Gasteiger partial charge < -0.3 is 15.5 Å². The molecule has 15 heavy (non-hydrogen) atoms. The van der Waals surface area contributed by atoms with Crippen LogP contribution in [-0.2, 0) is 6.54 Å². The third kappa shape index (κ3) is 3.54. The van der Waals surface area contributed by atoms with Gasteiger partial charge in [0.05, 0.1) is 12.7 Å². The van der Waals surface area contributed by atoms with E-state index in [2.05, 4.69) is 5.32 Å². The number of hydrogen-bond donors (Lipinski definition) is 3. The maximum absolute atomic E-state index is 13.1. The summed E-state index contributed by atoms with van der Waals surface area (Å²) in [4.78, 5) is 0. The predicted octanol–water partition coefficient (Wildman–Crippen LogP) is 0.408. The summed E-state index contributed by atoms with van der Waals surface area (Å²) in [5.74, 6) is -1.78. The molecule has 0 saturated carbocycles. The van der Waals surface area contributed by atoms with E-state index in [0.717, 1.165) is 6.07 Å². The lowest BCUT2D eigenvalue weighted by molar-refractivity contribution is 0.0941. The summed E-state index contributed by atoms with van der Waals surface area (Å²) >= 11 is 0. The molecule has 1 atom stereocenters. The molecule has 1 rings (SSSR count). The van der Waals surface area contributed by atoms with Crippen molar-refractivity contribution in [1.82, 2.24) is 5.32 Å². The normalized spacial score (nSPS) is 12.8. The molecule has 3 N–H and O–H groups in total. The summed E-state index contributed by atoms with van der Waals surface area (Å²) in [7, 11) is 0. The lowest BCUT2D eigenvalue weighted by Crippen LogP contribution is -2.29. The van der Waals surface area contributed by atoms with Gasteiger partial charge in [-0.25, -0.2) is 8.78 Å². The second kappa shape index (κ2) is 5.75. The van der Waals surface area contributed by atoms with E-state index < -0.39 is 17.7 Å². The lowest BCUT2D eigenvalue weighted by Gasteiger charge is -2.09. The number of benzene rings is 1. The van der Waals surface area contributed by atoms with Crippen molar-refractivity contribution in [2.75, 3.05) is 13.2 Å². The largest absolute Gasteiger partial charge is 0.394 e. The minimum absolute atomic E-state index is 0.112. The fraction of sp³-hybridized carbons (Fsp3) is 0.400. The minimum atomic E-state index is -0.892. The van der Waals surface area contributed by atoms with Gasteiger partial charge in [0, 0.05) is 18.7 Å². The van der Waals surface area contributed by atoms with Gasteiger partial charge in [-0.2, -0.15) is 0 Å². The molecule has 1 aromatic carbocycles. The van der Waals surface area contributed by atoms with Gasteiger partial charge in [0.15, 0.2) is 11.6 Å². The molecular weight excluding hydrogens is 204 g/mol. The zero-order chi connectivity index (χ0) is 11.3. The Balaban J connectivity index is 2.47. The highest BCUT2D eigenvalue weighted by Gasteiger charge is 2.07. The van der Waals surface area contributed by atoms with Gasteiger partial charge in [0.2, 0.25) is 0 Å². The van der Waals surface area contributed by atoms with Gasteiger partial charge in [-0.05, 0) is 6.07 Å². The molecule has 0 heterocycles. The molecular formula is C10H13F2NO2. The van der Waals surface area contributed by atoms with E-state index >= 15 is 0 Å². The van der Waals surface area contributed by atoms with Crippen molar-refractivity contribution in [1.29, 1.82) is 0 Å². The highest BCUT2D eigenvalue weighted by Crippen LogP contribution is 2.10. The average Bonchev–Trinajstić information content (AvgIpc) is 2.24. The highest BCUT2D eigenvalue weighted by molar-refractivity contribution is 5.18. The molecule has 0 amide bonds. The van der Waals surface area contributed by atoms with Gasteiger partial charge in [-0.15, -0.1) is 0 Å². The summed E-state index contributed by atoms with van der Waals surface area (Å²) < 4.78 is 25.8. The first-order valence-corrected chi connectivity index (χ1v) is 4.57. The Morgan fingerprint density at radius 3 is 2.73 bits per heavy atom. The Kier molecular flexibility index (Phi) is 4.61. The molecule has 84 valence electrons. The Morgan fingerprint density at radius 1 is 1.33 bits per heavy atom. The summed E-state index contributed by atoms with van der Waals surface area (Å²) in [6.07, 6.45) is -0.887. The Hall–Kier alpha value is -1.04. The number of aliphatic hydroxyl groups excluding tert-OH is 2. The van der Waals surface area contributed by atoms with Gasteiger partial charge >= 0.3 is 0 Å². The van der Waals surface area contributed by atoms with Crippen molar-refractivity contribution in [2.24, 2.45) is 0 Å². The van der Waals surface area contributed by atoms with Crippen molar-refractivity contribution >= 4 is 0 Å². The van der Waals surface area contributed by atoms with Gasteiger partial charge in [0.25, 0.3) is 0 Å². The van der Waals surface area contributed by atoms with Crippen LogP contribution in [0.1, 0.15) is 5.56 Å². The molecule has 0 fully saturated rings. The second-order valence-electron chi connectivity index (χ2n) is 3.18. The molecule has 3 nitrogen and oxygen atoms in total. The van der Waals surface area contributed by atoms with E-state index in [1.54, 1.807) is 0 Å². The molecule has 0 aliphatic heterocycles. The number of rotatable bonds is 5. The van der Waals surface area contributed by atoms with Crippen LogP contribution in [0.4, 0.5) is 8.78 Å². The minimum Gasteiger partial charge on any atom is -0.394 e. The molecule has 0 aromatic heterocycles.